The van der Waals surface area contributed by atoms with Crippen LogP contribution < -0.4 is 0 Å². The lowest BCUT2D eigenvalue weighted by Gasteiger charge is -2.42. The van der Waals surface area contributed by atoms with Gasteiger partial charge < -0.3 is 14.5 Å². The number of likely N-dealkylation sites (N-methyl/N-ethyl adjacent to an activating group) is 1. The van der Waals surface area contributed by atoms with Gasteiger partial charge in [0.2, 0.25) is 0 Å². The number of carbonyl (C=O) groups excluding carboxylic acids is 1. The van der Waals surface area contributed by atoms with Gasteiger partial charge >= 0.3 is 6.09 Å². The standard InChI is InChI=1S/C32H46N6O2/c1-9-29-28(30-33-23(2)19-24(3)38(30)34-29)20-26-14-12-25(13-15-26)11-10-16-36-17-18-37(27(22-36)21-35(7)8)31(39)40-32(4,5)6/h10-15,19,27H,9,16-18,20-22H2,1-8H3/b11-10+/t27-/m0/s1. The third-order valence-electron chi connectivity index (χ3n) is 7.21. The zero-order valence-electron chi connectivity index (χ0n) is 25.6. The fourth-order valence-electron chi connectivity index (χ4n) is 5.39. The van der Waals surface area contributed by atoms with E-state index < -0.39 is 5.60 Å². The molecule has 8 heteroatoms. The molecular weight excluding hydrogens is 500 g/mol. The summed E-state index contributed by atoms with van der Waals surface area (Å²) in [6.45, 7) is 16.0. The molecule has 3 aromatic rings. The third kappa shape index (κ3) is 7.49. The molecule has 1 aliphatic rings. The van der Waals surface area contributed by atoms with E-state index in [1.165, 1.54) is 16.7 Å². The Balaban J connectivity index is 1.38. The summed E-state index contributed by atoms with van der Waals surface area (Å²) in [5, 5.41) is 4.83. The van der Waals surface area contributed by atoms with E-state index in [0.29, 0.717) is 6.54 Å². The highest BCUT2D eigenvalue weighted by Crippen LogP contribution is 2.22. The van der Waals surface area contributed by atoms with Crippen LogP contribution >= 0.6 is 0 Å². The lowest BCUT2D eigenvalue weighted by atomic mass is 10.0. The van der Waals surface area contributed by atoms with E-state index in [1.807, 2.05) is 51.2 Å². The van der Waals surface area contributed by atoms with Crippen LogP contribution in [0.15, 0.2) is 36.4 Å². The molecule has 2 aromatic heterocycles. The quantitative estimate of drug-likeness (QED) is 0.396. The first-order valence-electron chi connectivity index (χ1n) is 14.4. The average Bonchev–Trinajstić information content (AvgIpc) is 3.21. The van der Waals surface area contributed by atoms with Crippen molar-refractivity contribution in [3.8, 4) is 0 Å². The Hall–Kier alpha value is -3.23. The minimum atomic E-state index is -0.491. The van der Waals surface area contributed by atoms with Gasteiger partial charge in [-0.15, -0.1) is 0 Å². The van der Waals surface area contributed by atoms with Crippen LogP contribution in [0.25, 0.3) is 11.7 Å². The van der Waals surface area contributed by atoms with Gasteiger partial charge in [-0.25, -0.2) is 14.3 Å². The Morgan fingerprint density at radius 1 is 1.15 bits per heavy atom. The molecule has 8 nitrogen and oxygen atoms in total. The van der Waals surface area contributed by atoms with Gasteiger partial charge in [0.1, 0.15) is 5.60 Å². The molecule has 1 saturated heterocycles. The van der Waals surface area contributed by atoms with Crippen LogP contribution in [0.2, 0.25) is 0 Å². The Labute approximate surface area is 239 Å². The predicted octanol–water partition coefficient (Wildman–Crippen LogP) is 5.00. The van der Waals surface area contributed by atoms with Crippen molar-refractivity contribution >= 4 is 17.8 Å². The Kier molecular flexibility index (Phi) is 9.31. The molecule has 1 aromatic carbocycles. The topological polar surface area (TPSA) is 66.2 Å². The summed E-state index contributed by atoms with van der Waals surface area (Å²) < 4.78 is 7.66. The fourth-order valence-corrected chi connectivity index (χ4v) is 5.39. The van der Waals surface area contributed by atoms with Gasteiger partial charge in [0, 0.05) is 56.1 Å². The number of aromatic nitrogens is 3. The summed E-state index contributed by atoms with van der Waals surface area (Å²) in [6, 6.07) is 11.0. The predicted molar refractivity (Wildman–Crippen MR) is 162 cm³/mol. The number of piperazine rings is 1. The highest BCUT2D eigenvalue weighted by atomic mass is 16.6. The van der Waals surface area contributed by atoms with Crippen molar-refractivity contribution in [3.05, 3.63) is 70.2 Å². The molecule has 0 saturated carbocycles. The molecule has 0 bridgehead atoms. The van der Waals surface area contributed by atoms with Gasteiger partial charge in [-0.1, -0.05) is 43.3 Å². The second kappa shape index (κ2) is 12.5. The van der Waals surface area contributed by atoms with Crippen molar-refractivity contribution in [1.82, 2.24) is 29.3 Å². The first-order chi connectivity index (χ1) is 18.9. The minimum absolute atomic E-state index is 0.0984. The second-order valence-electron chi connectivity index (χ2n) is 12.2. The maximum atomic E-state index is 12.8. The van der Waals surface area contributed by atoms with Crippen molar-refractivity contribution in [3.63, 3.8) is 0 Å². The summed E-state index contributed by atoms with van der Waals surface area (Å²) in [7, 11) is 4.10. The van der Waals surface area contributed by atoms with Gasteiger partial charge in [-0.05, 0) is 72.3 Å². The molecule has 216 valence electrons. The molecule has 0 radical (unpaired) electrons. The van der Waals surface area contributed by atoms with Crippen LogP contribution in [0.3, 0.4) is 0 Å². The van der Waals surface area contributed by atoms with E-state index >= 15 is 0 Å². The maximum Gasteiger partial charge on any atom is 0.410 e. The summed E-state index contributed by atoms with van der Waals surface area (Å²) in [4.78, 5) is 24.1. The molecule has 0 N–H and O–H groups in total. The Bertz CT molecular complexity index is 1340. The Morgan fingerprint density at radius 2 is 1.88 bits per heavy atom. The number of carbonyl (C=O) groups is 1. The van der Waals surface area contributed by atoms with Crippen molar-refractivity contribution in [2.45, 2.75) is 66.0 Å². The van der Waals surface area contributed by atoms with Crippen LogP contribution in [-0.4, -0.2) is 93.9 Å². The van der Waals surface area contributed by atoms with Crippen molar-refractivity contribution in [2.75, 3.05) is 46.8 Å². The van der Waals surface area contributed by atoms with Gasteiger partial charge in [0.25, 0.3) is 0 Å². The Morgan fingerprint density at radius 3 is 2.52 bits per heavy atom. The molecule has 1 fully saturated rings. The number of ether oxygens (including phenoxy) is 1. The van der Waals surface area contributed by atoms with E-state index in [1.54, 1.807) is 0 Å². The van der Waals surface area contributed by atoms with Crippen molar-refractivity contribution < 1.29 is 9.53 Å². The summed E-state index contributed by atoms with van der Waals surface area (Å²) in [5.41, 5.74) is 7.39. The molecule has 0 unspecified atom stereocenters. The molecule has 4 rings (SSSR count). The lowest BCUT2D eigenvalue weighted by Crippen LogP contribution is -2.58. The van der Waals surface area contributed by atoms with Crippen LogP contribution in [-0.2, 0) is 17.6 Å². The number of amides is 1. The van der Waals surface area contributed by atoms with Crippen LogP contribution in [0.1, 0.15) is 61.5 Å². The molecule has 40 heavy (non-hydrogen) atoms. The highest BCUT2D eigenvalue weighted by molar-refractivity contribution is 5.68. The van der Waals surface area contributed by atoms with Gasteiger partial charge in [0.15, 0.2) is 5.65 Å². The largest absolute Gasteiger partial charge is 0.444 e. The smallest absolute Gasteiger partial charge is 0.410 e. The summed E-state index contributed by atoms with van der Waals surface area (Å²) in [5.74, 6) is 0. The lowest BCUT2D eigenvalue weighted by molar-refractivity contribution is -0.00366. The van der Waals surface area contributed by atoms with Crippen molar-refractivity contribution in [2.24, 2.45) is 0 Å². The van der Waals surface area contributed by atoms with E-state index in [-0.39, 0.29) is 12.1 Å². The zero-order chi connectivity index (χ0) is 29.0. The third-order valence-corrected chi connectivity index (χ3v) is 7.21. The monoisotopic (exact) mass is 546 g/mol. The van der Waals surface area contributed by atoms with Crippen LogP contribution in [0.5, 0.6) is 0 Å². The normalized spacial score (nSPS) is 16.9. The van der Waals surface area contributed by atoms with E-state index in [2.05, 4.69) is 66.1 Å². The van der Waals surface area contributed by atoms with Crippen LogP contribution in [0.4, 0.5) is 4.79 Å². The molecule has 3 heterocycles. The van der Waals surface area contributed by atoms with Gasteiger partial charge in [-0.3, -0.25) is 4.90 Å². The van der Waals surface area contributed by atoms with E-state index in [4.69, 9.17) is 14.8 Å². The number of benzene rings is 1. The molecule has 0 aliphatic carbocycles. The van der Waals surface area contributed by atoms with Gasteiger partial charge in [0.05, 0.1) is 11.7 Å². The molecule has 1 atom stereocenters. The zero-order valence-corrected chi connectivity index (χ0v) is 25.6. The van der Waals surface area contributed by atoms with Crippen LogP contribution in [0, 0.1) is 13.8 Å². The number of aryl methyl sites for hydroxylation is 3. The SMILES string of the molecule is CCc1nn2c(C)cc(C)nc2c1Cc1ccc(/C=C/CN2CCN(C(=O)OC(C)(C)C)[C@@H](CN(C)C)C2)cc1. The average molecular weight is 547 g/mol. The number of rotatable bonds is 8. The van der Waals surface area contributed by atoms with E-state index in [0.717, 1.165) is 61.7 Å². The number of hydrogen-bond acceptors (Lipinski definition) is 6. The molecule has 1 amide bonds. The van der Waals surface area contributed by atoms with Gasteiger partial charge in [-0.2, -0.15) is 5.10 Å². The first kappa shape index (κ1) is 29.7. The molecule has 1 aliphatic heterocycles. The fraction of sp³-hybridized carbons (Fsp3) is 0.531. The molecular formula is C32H46N6O2. The minimum Gasteiger partial charge on any atom is -0.444 e. The molecule has 0 spiro atoms. The summed E-state index contributed by atoms with van der Waals surface area (Å²) >= 11 is 0. The van der Waals surface area contributed by atoms with Crippen molar-refractivity contribution in [1.29, 1.82) is 0 Å². The van der Waals surface area contributed by atoms with E-state index in [9.17, 15) is 4.79 Å². The first-order valence-corrected chi connectivity index (χ1v) is 14.4. The highest BCUT2D eigenvalue weighted by Gasteiger charge is 2.33. The number of nitrogens with zero attached hydrogens (tertiary/aromatic N) is 6. The maximum absolute atomic E-state index is 12.8. The number of fused-ring (bicyclic) bond motifs is 1. The summed E-state index contributed by atoms with van der Waals surface area (Å²) in [6.07, 6.45) is 5.90. The number of hydrogen-bond donors (Lipinski definition) is 0. The second-order valence-corrected chi connectivity index (χ2v) is 12.2.